The number of nitrogens with zero attached hydrogens (tertiary/aromatic N) is 1. The Kier molecular flexibility index (Phi) is 5.44. The van der Waals surface area contributed by atoms with E-state index >= 15 is 0 Å². The van der Waals surface area contributed by atoms with E-state index in [1.54, 1.807) is 4.90 Å². The van der Waals surface area contributed by atoms with Crippen LogP contribution >= 0.6 is 0 Å². The normalized spacial score (nSPS) is 16.1. The van der Waals surface area contributed by atoms with E-state index in [0.29, 0.717) is 25.9 Å². The molecule has 0 saturated carbocycles. The standard InChI is InChI=1S/C19H25N3O4/c1-12(2)20-19(25)26-15-10-22(11-15)18(24)5-3-4-13-6-7-16-14(8-13)9-17(23)21-16/h6-8,12,15H,3-5,9-11H2,1-2H3,(H,20,25)(H,21,23). The average molecular weight is 359 g/mol. The van der Waals surface area contributed by atoms with Gasteiger partial charge < -0.3 is 20.3 Å². The average Bonchev–Trinajstić information content (AvgIpc) is 2.89. The molecule has 2 heterocycles. The first kappa shape index (κ1) is 18.2. The van der Waals surface area contributed by atoms with Gasteiger partial charge in [0.15, 0.2) is 0 Å². The van der Waals surface area contributed by atoms with Crippen LogP contribution in [-0.4, -0.2) is 48.0 Å². The molecule has 0 atom stereocenters. The lowest BCUT2D eigenvalue weighted by Gasteiger charge is -2.38. The lowest BCUT2D eigenvalue weighted by molar-refractivity contribution is -0.141. The number of rotatable bonds is 6. The van der Waals surface area contributed by atoms with E-state index in [2.05, 4.69) is 10.6 Å². The van der Waals surface area contributed by atoms with Crippen molar-refractivity contribution in [2.24, 2.45) is 0 Å². The number of fused-ring (bicyclic) bond motifs is 1. The molecule has 0 aliphatic carbocycles. The molecular weight excluding hydrogens is 334 g/mol. The zero-order valence-electron chi connectivity index (χ0n) is 15.2. The maximum Gasteiger partial charge on any atom is 0.407 e. The fourth-order valence-corrected chi connectivity index (χ4v) is 3.18. The summed E-state index contributed by atoms with van der Waals surface area (Å²) in [6.07, 6.45) is 1.83. The van der Waals surface area contributed by atoms with Crippen LogP contribution in [0.25, 0.3) is 0 Å². The van der Waals surface area contributed by atoms with Crippen LogP contribution in [0.1, 0.15) is 37.8 Å². The van der Waals surface area contributed by atoms with Gasteiger partial charge in [0.05, 0.1) is 19.5 Å². The fraction of sp³-hybridized carbons (Fsp3) is 0.526. The van der Waals surface area contributed by atoms with Gasteiger partial charge in [-0.05, 0) is 43.9 Å². The highest BCUT2D eigenvalue weighted by Gasteiger charge is 2.33. The van der Waals surface area contributed by atoms with Gasteiger partial charge in [0.2, 0.25) is 11.8 Å². The first-order valence-electron chi connectivity index (χ1n) is 9.07. The largest absolute Gasteiger partial charge is 0.442 e. The number of hydrogen-bond acceptors (Lipinski definition) is 4. The van der Waals surface area contributed by atoms with E-state index < -0.39 is 6.09 Å². The summed E-state index contributed by atoms with van der Waals surface area (Å²) in [5, 5.41) is 5.49. The Morgan fingerprint density at radius 1 is 1.35 bits per heavy atom. The summed E-state index contributed by atoms with van der Waals surface area (Å²) in [4.78, 5) is 36.8. The SMILES string of the molecule is CC(C)NC(=O)OC1CN(C(=O)CCCc2ccc3c(c2)CC(=O)N3)C1. The summed E-state index contributed by atoms with van der Waals surface area (Å²) in [6.45, 7) is 4.68. The Hall–Kier alpha value is -2.57. The van der Waals surface area contributed by atoms with Crippen LogP contribution < -0.4 is 10.6 Å². The van der Waals surface area contributed by atoms with Crippen molar-refractivity contribution in [3.8, 4) is 0 Å². The number of nitrogens with one attached hydrogen (secondary N) is 2. The van der Waals surface area contributed by atoms with Gasteiger partial charge in [0.25, 0.3) is 0 Å². The number of hydrogen-bond donors (Lipinski definition) is 2. The van der Waals surface area contributed by atoms with E-state index in [1.165, 1.54) is 0 Å². The maximum absolute atomic E-state index is 12.2. The highest BCUT2D eigenvalue weighted by molar-refractivity contribution is 5.99. The second-order valence-electron chi connectivity index (χ2n) is 7.20. The van der Waals surface area contributed by atoms with E-state index in [1.807, 2.05) is 32.0 Å². The summed E-state index contributed by atoms with van der Waals surface area (Å²) >= 11 is 0. The molecule has 2 aliphatic heterocycles. The molecule has 1 saturated heterocycles. The molecule has 0 aromatic heterocycles. The molecule has 3 amide bonds. The molecule has 1 aromatic carbocycles. The lowest BCUT2D eigenvalue weighted by Crippen LogP contribution is -2.56. The van der Waals surface area contributed by atoms with Crippen molar-refractivity contribution < 1.29 is 19.1 Å². The van der Waals surface area contributed by atoms with Crippen LogP contribution in [0.15, 0.2) is 18.2 Å². The molecule has 0 spiro atoms. The molecule has 1 fully saturated rings. The maximum atomic E-state index is 12.2. The van der Waals surface area contributed by atoms with Crippen molar-refractivity contribution in [1.29, 1.82) is 0 Å². The van der Waals surface area contributed by atoms with Crippen molar-refractivity contribution in [3.63, 3.8) is 0 Å². The number of aryl methyl sites for hydroxylation is 1. The molecule has 0 bridgehead atoms. The Bertz CT molecular complexity index is 711. The monoisotopic (exact) mass is 359 g/mol. The minimum absolute atomic E-state index is 0.0314. The number of amides is 3. The first-order chi connectivity index (χ1) is 12.4. The van der Waals surface area contributed by atoms with Gasteiger partial charge in [-0.1, -0.05) is 12.1 Å². The van der Waals surface area contributed by atoms with Crippen LogP contribution in [0.3, 0.4) is 0 Å². The molecule has 1 aromatic rings. The highest BCUT2D eigenvalue weighted by Crippen LogP contribution is 2.24. The van der Waals surface area contributed by atoms with Crippen molar-refractivity contribution in [3.05, 3.63) is 29.3 Å². The van der Waals surface area contributed by atoms with Crippen molar-refractivity contribution in [1.82, 2.24) is 10.2 Å². The smallest absolute Gasteiger partial charge is 0.407 e. The number of alkyl carbamates (subject to hydrolysis) is 1. The van der Waals surface area contributed by atoms with Gasteiger partial charge in [0.1, 0.15) is 6.10 Å². The minimum Gasteiger partial charge on any atom is -0.442 e. The van der Waals surface area contributed by atoms with Gasteiger partial charge in [-0.3, -0.25) is 9.59 Å². The Labute approximate surface area is 153 Å². The van der Waals surface area contributed by atoms with Crippen LogP contribution in [-0.2, 0) is 27.2 Å². The van der Waals surface area contributed by atoms with Gasteiger partial charge in [0, 0.05) is 18.2 Å². The quantitative estimate of drug-likeness (QED) is 0.811. The van der Waals surface area contributed by atoms with Gasteiger partial charge in [-0.15, -0.1) is 0 Å². The minimum atomic E-state index is -0.429. The van der Waals surface area contributed by atoms with Crippen LogP contribution in [0.2, 0.25) is 0 Å². The topological polar surface area (TPSA) is 87.7 Å². The molecule has 7 heteroatoms. The number of ether oxygens (including phenoxy) is 1. The molecule has 2 N–H and O–H groups in total. The molecule has 3 rings (SSSR count). The molecule has 7 nitrogen and oxygen atoms in total. The predicted octanol–water partition coefficient (Wildman–Crippen LogP) is 1.85. The summed E-state index contributed by atoms with van der Waals surface area (Å²) in [5.41, 5.74) is 3.06. The summed E-state index contributed by atoms with van der Waals surface area (Å²) in [6, 6.07) is 6.00. The van der Waals surface area contributed by atoms with Gasteiger partial charge in [-0.25, -0.2) is 4.79 Å². The predicted molar refractivity (Wildman–Crippen MR) is 96.8 cm³/mol. The van der Waals surface area contributed by atoms with Crippen molar-refractivity contribution >= 4 is 23.6 Å². The van der Waals surface area contributed by atoms with E-state index in [0.717, 1.165) is 29.7 Å². The van der Waals surface area contributed by atoms with Gasteiger partial charge >= 0.3 is 6.09 Å². The molecule has 0 radical (unpaired) electrons. The zero-order chi connectivity index (χ0) is 18.7. The molecular formula is C19H25N3O4. The zero-order valence-corrected chi connectivity index (χ0v) is 15.2. The summed E-state index contributed by atoms with van der Waals surface area (Å²) < 4.78 is 5.23. The number of anilines is 1. The Balaban J connectivity index is 1.35. The molecule has 26 heavy (non-hydrogen) atoms. The number of carbonyl (C=O) groups excluding carboxylic acids is 3. The third-order valence-corrected chi connectivity index (χ3v) is 4.53. The highest BCUT2D eigenvalue weighted by atomic mass is 16.6. The van der Waals surface area contributed by atoms with Crippen molar-refractivity contribution in [2.75, 3.05) is 18.4 Å². The van der Waals surface area contributed by atoms with E-state index in [-0.39, 0.29) is 24.0 Å². The Morgan fingerprint density at radius 2 is 2.12 bits per heavy atom. The van der Waals surface area contributed by atoms with E-state index in [9.17, 15) is 14.4 Å². The number of benzene rings is 1. The second-order valence-corrected chi connectivity index (χ2v) is 7.20. The molecule has 2 aliphatic rings. The molecule has 140 valence electrons. The first-order valence-corrected chi connectivity index (χ1v) is 9.07. The number of likely N-dealkylation sites (tertiary alicyclic amines) is 1. The summed E-state index contributed by atoms with van der Waals surface area (Å²) in [7, 11) is 0. The van der Waals surface area contributed by atoms with Crippen molar-refractivity contribution in [2.45, 2.75) is 51.7 Å². The second kappa shape index (κ2) is 7.76. The van der Waals surface area contributed by atoms with Crippen LogP contribution in [0.4, 0.5) is 10.5 Å². The Morgan fingerprint density at radius 3 is 2.85 bits per heavy atom. The van der Waals surface area contributed by atoms with Crippen LogP contribution in [0.5, 0.6) is 0 Å². The fourth-order valence-electron chi connectivity index (χ4n) is 3.18. The lowest BCUT2D eigenvalue weighted by atomic mass is 10.0. The molecule has 0 unspecified atom stereocenters. The van der Waals surface area contributed by atoms with Gasteiger partial charge in [-0.2, -0.15) is 0 Å². The number of carbonyl (C=O) groups is 3. The van der Waals surface area contributed by atoms with Crippen LogP contribution in [0, 0.1) is 0 Å². The summed E-state index contributed by atoms with van der Waals surface area (Å²) in [5.74, 6) is 0.121. The van der Waals surface area contributed by atoms with E-state index in [4.69, 9.17) is 4.74 Å². The third-order valence-electron chi connectivity index (χ3n) is 4.53. The third kappa shape index (κ3) is 4.53.